The van der Waals surface area contributed by atoms with Crippen molar-refractivity contribution in [3.05, 3.63) is 35.4 Å². The molecule has 1 atom stereocenters. The maximum Gasteiger partial charge on any atom is 0.401 e. The van der Waals surface area contributed by atoms with Gasteiger partial charge in [0.1, 0.15) is 0 Å². The summed E-state index contributed by atoms with van der Waals surface area (Å²) in [5, 5.41) is 6.49. The number of nitrogens with one attached hydrogen (secondary N) is 2. The van der Waals surface area contributed by atoms with E-state index in [0.717, 1.165) is 12.1 Å². The Morgan fingerprint density at radius 3 is 2.35 bits per heavy atom. The lowest BCUT2D eigenvalue weighted by atomic mass is 10.1. The van der Waals surface area contributed by atoms with E-state index in [4.69, 9.17) is 0 Å². The van der Waals surface area contributed by atoms with Crippen LogP contribution >= 0.6 is 24.0 Å². The number of nitrogens with zero attached hydrogens (tertiary/aromatic N) is 3. The van der Waals surface area contributed by atoms with Crippen molar-refractivity contribution in [2.45, 2.75) is 57.9 Å². The van der Waals surface area contributed by atoms with E-state index in [2.05, 4.69) is 44.8 Å². The Balaban J connectivity index is 0.00000341. The van der Waals surface area contributed by atoms with Crippen LogP contribution in [0.1, 0.15) is 43.7 Å². The number of halogens is 4. The summed E-state index contributed by atoms with van der Waals surface area (Å²) < 4.78 is 37.8. The van der Waals surface area contributed by atoms with Gasteiger partial charge in [0, 0.05) is 32.2 Å². The molecule has 0 radical (unpaired) electrons. The second-order valence-corrected chi connectivity index (χ2v) is 8.33. The zero-order valence-corrected chi connectivity index (χ0v) is 20.6. The number of guanidine groups is 1. The van der Waals surface area contributed by atoms with Crippen molar-refractivity contribution in [1.29, 1.82) is 0 Å². The summed E-state index contributed by atoms with van der Waals surface area (Å²) in [6.45, 7) is 6.60. The highest BCUT2D eigenvalue weighted by Crippen LogP contribution is 2.20. The topological polar surface area (TPSA) is 42.9 Å². The Bertz CT molecular complexity index is 675. The van der Waals surface area contributed by atoms with Crippen LogP contribution < -0.4 is 10.6 Å². The van der Waals surface area contributed by atoms with Crippen LogP contribution in [0.4, 0.5) is 13.2 Å². The summed E-state index contributed by atoms with van der Waals surface area (Å²) in [6.07, 6.45) is 0.472. The van der Waals surface area contributed by atoms with E-state index in [-0.39, 0.29) is 30.0 Å². The van der Waals surface area contributed by atoms with Gasteiger partial charge in [0.15, 0.2) is 5.96 Å². The molecular formula is C22H35F3IN5. The van der Waals surface area contributed by atoms with E-state index in [1.807, 2.05) is 6.92 Å². The fourth-order valence-electron chi connectivity index (χ4n) is 4.16. The van der Waals surface area contributed by atoms with Gasteiger partial charge < -0.3 is 10.6 Å². The van der Waals surface area contributed by atoms with Crippen molar-refractivity contribution in [3.8, 4) is 0 Å². The first-order valence-electron chi connectivity index (χ1n) is 11.1. The fraction of sp³-hybridized carbons (Fsp3) is 0.682. The van der Waals surface area contributed by atoms with Gasteiger partial charge in [-0.3, -0.25) is 9.80 Å². The molecule has 0 saturated carbocycles. The van der Waals surface area contributed by atoms with Crippen LogP contribution in [0.2, 0.25) is 0 Å². The van der Waals surface area contributed by atoms with Crippen LogP contribution in [0.5, 0.6) is 0 Å². The highest BCUT2D eigenvalue weighted by atomic mass is 127. The summed E-state index contributed by atoms with van der Waals surface area (Å²) in [5.74, 6) is 0.661. The molecule has 2 saturated heterocycles. The van der Waals surface area contributed by atoms with Crippen molar-refractivity contribution in [1.82, 2.24) is 20.4 Å². The van der Waals surface area contributed by atoms with Crippen LogP contribution in [-0.2, 0) is 13.1 Å². The molecule has 0 aromatic heterocycles. The SMILES string of the molecule is CCNC(=NCc1ccc(CN2CCCCC2)cc1)NC1CCN(CC(F)(F)F)C1.I. The molecule has 2 fully saturated rings. The Hall–Kier alpha value is -1.07. The number of likely N-dealkylation sites (tertiary alicyclic amines) is 2. The predicted molar refractivity (Wildman–Crippen MR) is 130 cm³/mol. The molecule has 2 aliphatic heterocycles. The Morgan fingerprint density at radius 2 is 1.71 bits per heavy atom. The number of aliphatic imine (C=N–C) groups is 1. The van der Waals surface area contributed by atoms with Gasteiger partial charge in [0.05, 0.1) is 13.1 Å². The Kier molecular flexibility index (Phi) is 10.8. The van der Waals surface area contributed by atoms with Crippen molar-refractivity contribution in [2.75, 3.05) is 39.3 Å². The van der Waals surface area contributed by atoms with E-state index in [9.17, 15) is 13.2 Å². The highest BCUT2D eigenvalue weighted by molar-refractivity contribution is 14.0. The largest absolute Gasteiger partial charge is 0.401 e. The van der Waals surface area contributed by atoms with Gasteiger partial charge in [0.2, 0.25) is 0 Å². The lowest BCUT2D eigenvalue weighted by Gasteiger charge is -2.26. The minimum absolute atomic E-state index is 0. The van der Waals surface area contributed by atoms with Crippen molar-refractivity contribution in [2.24, 2.45) is 4.99 Å². The first kappa shape index (κ1) is 26.2. The number of hydrogen-bond donors (Lipinski definition) is 2. The van der Waals surface area contributed by atoms with Crippen LogP contribution in [0.3, 0.4) is 0 Å². The summed E-state index contributed by atoms with van der Waals surface area (Å²) >= 11 is 0. The molecule has 1 aromatic rings. The summed E-state index contributed by atoms with van der Waals surface area (Å²) in [7, 11) is 0. The minimum Gasteiger partial charge on any atom is -0.357 e. The Morgan fingerprint density at radius 1 is 1.03 bits per heavy atom. The smallest absolute Gasteiger partial charge is 0.357 e. The average molecular weight is 553 g/mol. The van der Waals surface area contributed by atoms with Gasteiger partial charge in [-0.25, -0.2) is 4.99 Å². The van der Waals surface area contributed by atoms with E-state index < -0.39 is 12.7 Å². The number of alkyl halides is 3. The summed E-state index contributed by atoms with van der Waals surface area (Å²) in [4.78, 5) is 8.59. The van der Waals surface area contributed by atoms with Gasteiger partial charge in [-0.15, -0.1) is 24.0 Å². The predicted octanol–water partition coefficient (Wildman–Crippen LogP) is 3.98. The second-order valence-electron chi connectivity index (χ2n) is 8.33. The molecule has 0 amide bonds. The van der Waals surface area contributed by atoms with Crippen LogP contribution in [0.15, 0.2) is 29.3 Å². The molecule has 0 bridgehead atoms. The van der Waals surface area contributed by atoms with Crippen LogP contribution in [0.25, 0.3) is 0 Å². The molecule has 176 valence electrons. The first-order chi connectivity index (χ1) is 14.4. The molecule has 31 heavy (non-hydrogen) atoms. The number of rotatable bonds is 7. The van der Waals surface area contributed by atoms with Gasteiger partial charge >= 0.3 is 6.18 Å². The van der Waals surface area contributed by atoms with E-state index in [0.29, 0.717) is 38.6 Å². The maximum absolute atomic E-state index is 12.6. The first-order valence-corrected chi connectivity index (χ1v) is 11.1. The molecule has 0 spiro atoms. The summed E-state index contributed by atoms with van der Waals surface area (Å²) in [5.41, 5.74) is 2.45. The molecule has 1 aromatic carbocycles. The molecule has 2 heterocycles. The normalized spacial score (nSPS) is 21.0. The molecule has 0 aliphatic carbocycles. The van der Waals surface area contributed by atoms with Crippen molar-refractivity contribution >= 4 is 29.9 Å². The fourth-order valence-corrected chi connectivity index (χ4v) is 4.16. The highest BCUT2D eigenvalue weighted by Gasteiger charge is 2.34. The van der Waals surface area contributed by atoms with E-state index >= 15 is 0 Å². The van der Waals surface area contributed by atoms with Crippen molar-refractivity contribution in [3.63, 3.8) is 0 Å². The van der Waals surface area contributed by atoms with Gasteiger partial charge in [0.25, 0.3) is 0 Å². The van der Waals surface area contributed by atoms with Gasteiger partial charge in [-0.2, -0.15) is 13.2 Å². The molecule has 1 unspecified atom stereocenters. The van der Waals surface area contributed by atoms with Gasteiger partial charge in [-0.05, 0) is 50.4 Å². The lowest BCUT2D eigenvalue weighted by Crippen LogP contribution is -2.45. The third-order valence-corrected chi connectivity index (χ3v) is 5.66. The minimum atomic E-state index is -4.15. The van der Waals surface area contributed by atoms with Crippen LogP contribution in [0, 0.1) is 0 Å². The van der Waals surface area contributed by atoms with E-state index in [1.54, 1.807) is 0 Å². The molecule has 5 nitrogen and oxygen atoms in total. The van der Waals surface area contributed by atoms with Crippen molar-refractivity contribution < 1.29 is 13.2 Å². The van der Waals surface area contributed by atoms with Gasteiger partial charge in [-0.1, -0.05) is 30.7 Å². The molecule has 9 heteroatoms. The molecular weight excluding hydrogens is 518 g/mol. The standard InChI is InChI=1S/C22H34F3N5.HI/c1-2-26-21(28-20-10-13-30(16-20)17-22(23,24)25)27-14-18-6-8-19(9-7-18)15-29-11-4-3-5-12-29;/h6-9,20H,2-5,10-17H2,1H3,(H2,26,27,28);1H. The average Bonchev–Trinajstić information content (AvgIpc) is 3.13. The Labute approximate surface area is 200 Å². The molecule has 2 aliphatic rings. The number of piperidine rings is 1. The second kappa shape index (κ2) is 12.8. The lowest BCUT2D eigenvalue weighted by molar-refractivity contribution is -0.143. The number of benzene rings is 1. The van der Waals surface area contributed by atoms with E-state index in [1.165, 1.54) is 42.8 Å². The summed E-state index contributed by atoms with van der Waals surface area (Å²) in [6, 6.07) is 8.56. The zero-order valence-electron chi connectivity index (χ0n) is 18.3. The quantitative estimate of drug-likeness (QED) is 0.305. The molecule has 3 rings (SSSR count). The monoisotopic (exact) mass is 553 g/mol. The maximum atomic E-state index is 12.6. The third kappa shape index (κ3) is 9.53. The third-order valence-electron chi connectivity index (χ3n) is 5.66. The van der Waals surface area contributed by atoms with Crippen LogP contribution in [-0.4, -0.2) is 67.2 Å². The molecule has 2 N–H and O–H groups in total. The zero-order chi connectivity index (χ0) is 21.4. The number of hydrogen-bond acceptors (Lipinski definition) is 3.